The van der Waals surface area contributed by atoms with Crippen LogP contribution in [0, 0.1) is 13.8 Å². The predicted octanol–water partition coefficient (Wildman–Crippen LogP) is 1.87. The minimum Gasteiger partial charge on any atom is -0.152 e. The molecule has 1 heterocycles. The van der Waals surface area contributed by atoms with Gasteiger partial charge in [0.25, 0.3) is 0 Å². The summed E-state index contributed by atoms with van der Waals surface area (Å²) in [5.41, 5.74) is 1.37. The van der Waals surface area contributed by atoms with Gasteiger partial charge in [0, 0.05) is 0 Å². The van der Waals surface area contributed by atoms with E-state index in [1.54, 1.807) is 0 Å². The van der Waals surface area contributed by atoms with Gasteiger partial charge in [-0.3, -0.25) is 0 Å². The molecule has 0 aliphatic carbocycles. The molecule has 0 aliphatic rings. The van der Waals surface area contributed by atoms with E-state index in [2.05, 4.69) is 0 Å². The molecule has 0 bridgehead atoms. The zero-order valence-corrected chi connectivity index (χ0v) is 4.53. The summed E-state index contributed by atoms with van der Waals surface area (Å²) in [5, 5.41) is 3.63. The third kappa shape index (κ3) is 0.829. The first-order valence-electron chi connectivity index (χ1n) is 1.88. The highest BCUT2D eigenvalue weighted by atomic mass is 32.1. The third-order valence-electron chi connectivity index (χ3n) is 0.723. The Hall–Kier alpha value is -0.300. The van der Waals surface area contributed by atoms with Crippen LogP contribution in [0.1, 0.15) is 11.1 Å². The lowest BCUT2D eigenvalue weighted by molar-refractivity contribution is 1.66. The Morgan fingerprint density at radius 2 is 1.57 bits per heavy atom. The Morgan fingerprint density at radius 3 is 1.71 bits per heavy atom. The molecule has 4 radical (unpaired) electrons. The molecule has 0 amide bonds. The second kappa shape index (κ2) is 1.66. The molecule has 1 aromatic heterocycles. The van der Waals surface area contributed by atoms with Crippen molar-refractivity contribution in [3.63, 3.8) is 0 Å². The maximum atomic E-state index is 5.33. The van der Waals surface area contributed by atoms with Crippen molar-refractivity contribution >= 4 is 11.3 Å². The summed E-state index contributed by atoms with van der Waals surface area (Å²) < 4.78 is 0. The minimum absolute atomic E-state index is 0.685. The van der Waals surface area contributed by atoms with E-state index < -0.39 is 0 Å². The Morgan fingerprint density at radius 1 is 1.14 bits per heavy atom. The average Bonchev–Trinajstić information content (AvgIpc) is 1.91. The number of hydrogen-bond donors (Lipinski definition) is 0. The summed E-state index contributed by atoms with van der Waals surface area (Å²) in [6.07, 6.45) is 0. The molecule has 0 saturated heterocycles. The molecule has 0 spiro atoms. The fourth-order valence-corrected chi connectivity index (χ4v) is 0.950. The van der Waals surface area contributed by atoms with E-state index >= 15 is 0 Å². The van der Waals surface area contributed by atoms with E-state index in [0.717, 1.165) is 0 Å². The van der Waals surface area contributed by atoms with E-state index in [1.165, 1.54) is 11.3 Å². The number of rotatable bonds is 0. The second-order valence-electron chi connectivity index (χ2n) is 1.28. The van der Waals surface area contributed by atoms with Crippen molar-refractivity contribution in [1.82, 2.24) is 0 Å². The zero-order valence-electron chi connectivity index (χ0n) is 3.72. The van der Waals surface area contributed by atoms with E-state index in [0.29, 0.717) is 11.1 Å². The Kier molecular flexibility index (Phi) is 1.15. The van der Waals surface area contributed by atoms with E-state index in [1.807, 2.05) is 10.8 Å². The van der Waals surface area contributed by atoms with Crippen LogP contribution in [-0.2, 0) is 0 Å². The first kappa shape index (κ1) is 4.85. The molecule has 0 nitrogen and oxygen atoms in total. The van der Waals surface area contributed by atoms with Crippen LogP contribution in [-0.4, -0.2) is 0 Å². The van der Waals surface area contributed by atoms with Gasteiger partial charge in [0.05, 0.1) is 0 Å². The highest BCUT2D eigenvalue weighted by molar-refractivity contribution is 7.08. The molecule has 0 atom stereocenters. The SMILES string of the molecule is [CH]c1cscc1[CH]. The van der Waals surface area contributed by atoms with E-state index in [4.69, 9.17) is 13.8 Å². The van der Waals surface area contributed by atoms with Gasteiger partial charge in [-0.15, -0.1) is 0 Å². The molecule has 1 aromatic rings. The van der Waals surface area contributed by atoms with Crippen molar-refractivity contribution < 1.29 is 0 Å². The topological polar surface area (TPSA) is 0 Å². The summed E-state index contributed by atoms with van der Waals surface area (Å²) in [6, 6.07) is 0. The largest absolute Gasteiger partial charge is 0.152 e. The van der Waals surface area contributed by atoms with Gasteiger partial charge in [0.2, 0.25) is 0 Å². The van der Waals surface area contributed by atoms with Gasteiger partial charge in [-0.1, -0.05) is 0 Å². The molecule has 0 N–H and O–H groups in total. The fraction of sp³-hybridized carbons (Fsp3) is 0. The molecular formula is C6H4S. The summed E-state index contributed by atoms with van der Waals surface area (Å²) >= 11 is 1.52. The van der Waals surface area contributed by atoms with Gasteiger partial charge in [-0.2, -0.15) is 11.3 Å². The molecule has 1 heteroatoms. The fourth-order valence-electron chi connectivity index (χ4n) is 0.317. The quantitative estimate of drug-likeness (QED) is 0.476. The van der Waals surface area contributed by atoms with Gasteiger partial charge in [-0.05, 0) is 35.7 Å². The summed E-state index contributed by atoms with van der Waals surface area (Å²) in [6.45, 7) is 10.7. The van der Waals surface area contributed by atoms with Crippen LogP contribution in [0.5, 0.6) is 0 Å². The van der Waals surface area contributed by atoms with Crippen molar-refractivity contribution in [3.05, 3.63) is 35.7 Å². The molecule has 1 rings (SSSR count). The van der Waals surface area contributed by atoms with Gasteiger partial charge in [0.1, 0.15) is 0 Å². The van der Waals surface area contributed by atoms with Crippen LogP contribution in [0.3, 0.4) is 0 Å². The maximum absolute atomic E-state index is 5.33. The zero-order chi connectivity index (χ0) is 5.28. The van der Waals surface area contributed by atoms with Crippen LogP contribution in [0.2, 0.25) is 0 Å². The molecule has 0 aromatic carbocycles. The lowest BCUT2D eigenvalue weighted by atomic mass is 10.2. The van der Waals surface area contributed by atoms with Crippen molar-refractivity contribution in [3.8, 4) is 0 Å². The summed E-state index contributed by atoms with van der Waals surface area (Å²) in [4.78, 5) is 0. The van der Waals surface area contributed by atoms with Gasteiger partial charge < -0.3 is 0 Å². The molecular weight excluding hydrogens is 104 g/mol. The molecule has 0 saturated carbocycles. The van der Waals surface area contributed by atoms with Crippen LogP contribution >= 0.6 is 11.3 Å². The van der Waals surface area contributed by atoms with Crippen molar-refractivity contribution in [2.45, 2.75) is 0 Å². The first-order chi connectivity index (χ1) is 3.30. The monoisotopic (exact) mass is 108 g/mol. The number of hydrogen-bond acceptors (Lipinski definition) is 1. The third-order valence-corrected chi connectivity index (χ3v) is 1.50. The molecule has 0 unspecified atom stereocenters. The molecule has 7 heavy (non-hydrogen) atoms. The number of thiophene rings is 1. The predicted molar refractivity (Wildman–Crippen MR) is 31.1 cm³/mol. The van der Waals surface area contributed by atoms with Crippen molar-refractivity contribution in [2.75, 3.05) is 0 Å². The lowest BCUT2D eigenvalue weighted by Gasteiger charge is -1.78. The normalized spacial score (nSPS) is 9.43. The van der Waals surface area contributed by atoms with E-state index in [9.17, 15) is 0 Å². The van der Waals surface area contributed by atoms with Crippen LogP contribution in [0.4, 0.5) is 0 Å². The Labute approximate surface area is 47.8 Å². The second-order valence-corrected chi connectivity index (χ2v) is 2.03. The molecule has 0 fully saturated rings. The maximum Gasteiger partial charge on any atom is -0.0000153 e. The first-order valence-corrected chi connectivity index (χ1v) is 2.82. The van der Waals surface area contributed by atoms with Crippen LogP contribution < -0.4 is 0 Å². The Balaban J connectivity index is 3.12. The van der Waals surface area contributed by atoms with Gasteiger partial charge in [0.15, 0.2) is 0 Å². The standard InChI is InChI=1S/C6H4S/c1-5-3-7-4-6(5)2/h1-4H. The minimum atomic E-state index is 0.685. The average molecular weight is 108 g/mol. The van der Waals surface area contributed by atoms with E-state index in [-0.39, 0.29) is 0 Å². The molecule has 0 aliphatic heterocycles. The van der Waals surface area contributed by atoms with Crippen molar-refractivity contribution in [1.29, 1.82) is 0 Å². The lowest BCUT2D eigenvalue weighted by Crippen LogP contribution is -1.63. The highest BCUT2D eigenvalue weighted by Gasteiger charge is 1.87. The molecule has 34 valence electrons. The van der Waals surface area contributed by atoms with Gasteiger partial charge in [-0.25, -0.2) is 0 Å². The van der Waals surface area contributed by atoms with Crippen molar-refractivity contribution in [2.24, 2.45) is 0 Å². The van der Waals surface area contributed by atoms with Crippen LogP contribution in [0.15, 0.2) is 10.8 Å². The van der Waals surface area contributed by atoms with Gasteiger partial charge >= 0.3 is 0 Å². The smallest absolute Gasteiger partial charge is 0.0000153 e. The summed E-state index contributed by atoms with van der Waals surface area (Å²) in [7, 11) is 0. The van der Waals surface area contributed by atoms with Crippen LogP contribution in [0.25, 0.3) is 0 Å². The summed E-state index contributed by atoms with van der Waals surface area (Å²) in [5.74, 6) is 0. The Bertz CT molecular complexity index is 136. The highest BCUT2D eigenvalue weighted by Crippen LogP contribution is 2.10.